The Balaban J connectivity index is 1.97. The first-order valence-electron chi connectivity index (χ1n) is 7.58. The maximum Gasteiger partial charge on any atom is 0.269 e. The van der Waals surface area contributed by atoms with Gasteiger partial charge in [0, 0.05) is 29.5 Å². The number of aromatic nitrogens is 3. The van der Waals surface area contributed by atoms with E-state index in [0.717, 1.165) is 27.9 Å². The standard InChI is InChI=1S/C18H13N5O2/c19-18-21-16(13-4-2-1-3-5-13)17-15(10-11-20-22(17)18)12-6-8-14(9-7-12)23(24)25/h1-11H,(H2,19,21). The van der Waals surface area contributed by atoms with Crippen LogP contribution in [0.15, 0.2) is 66.9 Å². The lowest BCUT2D eigenvalue weighted by Gasteiger charge is -2.06. The van der Waals surface area contributed by atoms with E-state index in [9.17, 15) is 10.1 Å². The Morgan fingerprint density at radius 3 is 2.36 bits per heavy atom. The summed E-state index contributed by atoms with van der Waals surface area (Å²) in [5.41, 5.74) is 10.2. The molecule has 2 aromatic carbocycles. The molecule has 0 unspecified atom stereocenters. The van der Waals surface area contributed by atoms with Crippen molar-refractivity contribution in [1.29, 1.82) is 0 Å². The van der Waals surface area contributed by atoms with Crippen molar-refractivity contribution in [3.05, 3.63) is 77.0 Å². The lowest BCUT2D eigenvalue weighted by molar-refractivity contribution is -0.384. The van der Waals surface area contributed by atoms with Crippen LogP contribution in [-0.4, -0.2) is 19.5 Å². The summed E-state index contributed by atoms with van der Waals surface area (Å²) in [5, 5.41) is 15.1. The highest BCUT2D eigenvalue weighted by Gasteiger charge is 2.17. The van der Waals surface area contributed by atoms with Crippen LogP contribution >= 0.6 is 0 Å². The third-order valence-electron chi connectivity index (χ3n) is 3.99. The summed E-state index contributed by atoms with van der Waals surface area (Å²) in [6.07, 6.45) is 1.64. The van der Waals surface area contributed by atoms with Gasteiger partial charge in [-0.2, -0.15) is 9.61 Å². The van der Waals surface area contributed by atoms with Gasteiger partial charge in [-0.15, -0.1) is 0 Å². The number of nitrogen functional groups attached to an aromatic ring is 1. The lowest BCUT2D eigenvalue weighted by atomic mass is 10.0. The van der Waals surface area contributed by atoms with Crippen LogP contribution in [0.3, 0.4) is 0 Å². The highest BCUT2D eigenvalue weighted by molar-refractivity contribution is 5.92. The SMILES string of the molecule is Nc1nc(-c2ccccc2)c2c(-c3ccc([N+](=O)[O-])cc3)ccnn12. The molecule has 2 N–H and O–H groups in total. The van der Waals surface area contributed by atoms with Crippen molar-refractivity contribution in [3.8, 4) is 22.4 Å². The van der Waals surface area contributed by atoms with Gasteiger partial charge in [-0.1, -0.05) is 30.3 Å². The van der Waals surface area contributed by atoms with Crippen LogP contribution < -0.4 is 5.73 Å². The molecule has 0 aliphatic heterocycles. The first kappa shape index (κ1) is 14.8. The van der Waals surface area contributed by atoms with Crippen LogP contribution in [0.2, 0.25) is 0 Å². The summed E-state index contributed by atoms with van der Waals surface area (Å²) in [4.78, 5) is 14.9. The minimum atomic E-state index is -0.419. The molecule has 0 radical (unpaired) electrons. The highest BCUT2D eigenvalue weighted by atomic mass is 16.6. The fraction of sp³-hybridized carbons (Fsp3) is 0. The summed E-state index contributed by atoms with van der Waals surface area (Å²) in [7, 11) is 0. The number of hydrogen-bond donors (Lipinski definition) is 1. The Labute approximate surface area is 142 Å². The second-order valence-corrected chi connectivity index (χ2v) is 5.49. The van der Waals surface area contributed by atoms with Crippen molar-refractivity contribution < 1.29 is 4.92 Å². The zero-order chi connectivity index (χ0) is 17.4. The molecule has 4 aromatic rings. The first-order valence-corrected chi connectivity index (χ1v) is 7.58. The molecule has 0 aliphatic carbocycles. The Hall–Kier alpha value is -3.74. The van der Waals surface area contributed by atoms with Crippen molar-refractivity contribution >= 4 is 17.2 Å². The van der Waals surface area contributed by atoms with E-state index < -0.39 is 4.92 Å². The molecule has 25 heavy (non-hydrogen) atoms. The molecule has 0 amide bonds. The van der Waals surface area contributed by atoms with Gasteiger partial charge < -0.3 is 5.73 Å². The number of non-ortho nitro benzene ring substituents is 1. The fourth-order valence-electron chi connectivity index (χ4n) is 2.83. The van der Waals surface area contributed by atoms with E-state index >= 15 is 0 Å². The molecule has 0 atom stereocenters. The van der Waals surface area contributed by atoms with Gasteiger partial charge in [0.05, 0.1) is 4.92 Å². The van der Waals surface area contributed by atoms with Gasteiger partial charge >= 0.3 is 0 Å². The van der Waals surface area contributed by atoms with Gasteiger partial charge in [-0.25, -0.2) is 4.98 Å². The third kappa shape index (κ3) is 2.47. The van der Waals surface area contributed by atoms with E-state index in [0.29, 0.717) is 0 Å². The van der Waals surface area contributed by atoms with Gasteiger partial charge in [-0.3, -0.25) is 10.1 Å². The topological polar surface area (TPSA) is 99.3 Å². The number of rotatable bonds is 3. The van der Waals surface area contributed by atoms with Crippen LogP contribution in [0.1, 0.15) is 0 Å². The maximum atomic E-state index is 10.9. The van der Waals surface area contributed by atoms with Crippen molar-refractivity contribution in [2.75, 3.05) is 5.73 Å². The van der Waals surface area contributed by atoms with Crippen LogP contribution in [0, 0.1) is 10.1 Å². The molecule has 0 spiro atoms. The number of nitro groups is 1. The predicted molar refractivity (Wildman–Crippen MR) is 94.9 cm³/mol. The third-order valence-corrected chi connectivity index (χ3v) is 3.99. The molecule has 0 bridgehead atoms. The largest absolute Gasteiger partial charge is 0.368 e. The monoisotopic (exact) mass is 331 g/mol. The predicted octanol–water partition coefficient (Wildman–Crippen LogP) is 3.55. The molecule has 0 aliphatic rings. The number of nitrogens with zero attached hydrogens (tertiary/aromatic N) is 4. The van der Waals surface area contributed by atoms with E-state index in [1.807, 2.05) is 36.4 Å². The van der Waals surface area contributed by atoms with Crippen molar-refractivity contribution in [2.45, 2.75) is 0 Å². The maximum absolute atomic E-state index is 10.9. The van der Waals surface area contributed by atoms with E-state index in [-0.39, 0.29) is 11.6 Å². The number of anilines is 1. The molecule has 7 nitrogen and oxygen atoms in total. The number of imidazole rings is 1. The van der Waals surface area contributed by atoms with Crippen molar-refractivity contribution in [2.24, 2.45) is 0 Å². The molecule has 7 heteroatoms. The number of hydrogen-bond acceptors (Lipinski definition) is 5. The molecule has 2 aromatic heterocycles. The van der Waals surface area contributed by atoms with E-state index in [2.05, 4.69) is 10.1 Å². The minimum absolute atomic E-state index is 0.0464. The van der Waals surface area contributed by atoms with Crippen molar-refractivity contribution in [1.82, 2.24) is 14.6 Å². The Bertz CT molecular complexity index is 1070. The Kier molecular flexibility index (Phi) is 3.39. The van der Waals surface area contributed by atoms with Gasteiger partial charge in [-0.05, 0) is 23.8 Å². The average Bonchev–Trinajstić information content (AvgIpc) is 3.00. The van der Waals surface area contributed by atoms with Crippen LogP contribution in [0.25, 0.3) is 27.9 Å². The summed E-state index contributed by atoms with van der Waals surface area (Å²) in [5.74, 6) is 0.289. The Morgan fingerprint density at radius 2 is 1.68 bits per heavy atom. The number of nitrogens with two attached hydrogens (primary N) is 1. The second-order valence-electron chi connectivity index (χ2n) is 5.49. The van der Waals surface area contributed by atoms with E-state index in [4.69, 9.17) is 5.73 Å². The van der Waals surface area contributed by atoms with Crippen molar-refractivity contribution in [3.63, 3.8) is 0 Å². The molecule has 4 rings (SSSR count). The molecule has 0 fully saturated rings. The van der Waals surface area contributed by atoms with Gasteiger partial charge in [0.2, 0.25) is 5.95 Å². The smallest absolute Gasteiger partial charge is 0.269 e. The number of nitro benzene ring substituents is 1. The fourth-order valence-corrected chi connectivity index (χ4v) is 2.83. The average molecular weight is 331 g/mol. The van der Waals surface area contributed by atoms with Crippen LogP contribution in [0.5, 0.6) is 0 Å². The van der Waals surface area contributed by atoms with Gasteiger partial charge in [0.15, 0.2) is 0 Å². The summed E-state index contributed by atoms with van der Waals surface area (Å²) < 4.78 is 1.58. The molecular weight excluding hydrogens is 318 g/mol. The molecule has 2 heterocycles. The summed E-state index contributed by atoms with van der Waals surface area (Å²) in [6, 6.07) is 17.9. The second kappa shape index (κ2) is 5.72. The number of benzene rings is 2. The summed E-state index contributed by atoms with van der Waals surface area (Å²) in [6.45, 7) is 0. The quantitative estimate of drug-likeness (QED) is 0.457. The van der Waals surface area contributed by atoms with Crippen LogP contribution in [0.4, 0.5) is 11.6 Å². The van der Waals surface area contributed by atoms with E-state index in [1.54, 1.807) is 22.8 Å². The zero-order valence-electron chi connectivity index (χ0n) is 13.0. The van der Waals surface area contributed by atoms with Crippen LogP contribution in [-0.2, 0) is 0 Å². The zero-order valence-corrected chi connectivity index (χ0v) is 13.0. The van der Waals surface area contributed by atoms with E-state index in [1.165, 1.54) is 12.1 Å². The number of fused-ring (bicyclic) bond motifs is 1. The molecule has 0 saturated heterocycles. The molecule has 122 valence electrons. The molecular formula is C18H13N5O2. The minimum Gasteiger partial charge on any atom is -0.368 e. The molecule has 0 saturated carbocycles. The first-order chi connectivity index (χ1) is 12.1. The lowest BCUT2D eigenvalue weighted by Crippen LogP contribution is -1.98. The summed E-state index contributed by atoms with van der Waals surface area (Å²) >= 11 is 0. The Morgan fingerprint density at radius 1 is 0.960 bits per heavy atom. The van der Waals surface area contributed by atoms with Gasteiger partial charge in [0.1, 0.15) is 11.2 Å². The van der Waals surface area contributed by atoms with Gasteiger partial charge in [0.25, 0.3) is 5.69 Å². The highest BCUT2D eigenvalue weighted by Crippen LogP contribution is 2.33. The normalized spacial score (nSPS) is 10.9.